The lowest BCUT2D eigenvalue weighted by Crippen LogP contribution is -2.55. The van der Waals surface area contributed by atoms with E-state index in [4.69, 9.17) is 0 Å². The highest BCUT2D eigenvalue weighted by Crippen LogP contribution is 2.33. The fourth-order valence-corrected chi connectivity index (χ4v) is 6.57. The van der Waals surface area contributed by atoms with Crippen LogP contribution in [-0.4, -0.2) is 61.5 Å². The Labute approximate surface area is 241 Å². The summed E-state index contributed by atoms with van der Waals surface area (Å²) >= 11 is 0. The Balaban J connectivity index is 1.54. The average molecular weight is 547 g/mol. The number of hydrogen-bond donors (Lipinski definition) is 2. The summed E-state index contributed by atoms with van der Waals surface area (Å²) in [6.07, 6.45) is 10.4. The fourth-order valence-electron chi connectivity index (χ4n) is 6.57. The molecule has 40 heavy (non-hydrogen) atoms. The highest BCUT2D eigenvalue weighted by atomic mass is 16.2. The minimum atomic E-state index is -0.429. The summed E-state index contributed by atoms with van der Waals surface area (Å²) in [7, 11) is 1.87. The minimum Gasteiger partial charge on any atom is -0.369 e. The third-order valence-corrected chi connectivity index (χ3v) is 8.99. The van der Waals surface area contributed by atoms with E-state index in [1.807, 2.05) is 14.0 Å². The molecule has 1 saturated heterocycles. The fraction of sp³-hybridized carbons (Fsp3) is 0.588. The van der Waals surface area contributed by atoms with E-state index in [0.29, 0.717) is 6.42 Å². The normalized spacial score (nSPS) is 19.9. The molecule has 2 amide bonds. The van der Waals surface area contributed by atoms with Crippen molar-refractivity contribution >= 4 is 17.5 Å². The van der Waals surface area contributed by atoms with Gasteiger partial charge in [-0.2, -0.15) is 0 Å². The number of nitrogens with zero attached hydrogens (tertiary/aromatic N) is 2. The topological polar surface area (TPSA) is 64.7 Å². The molecule has 218 valence electrons. The Morgan fingerprint density at radius 2 is 1.60 bits per heavy atom. The van der Waals surface area contributed by atoms with E-state index in [1.54, 1.807) is 0 Å². The number of carbonyl (C=O) groups is 2. The minimum absolute atomic E-state index is 0.0232. The zero-order valence-electron chi connectivity index (χ0n) is 24.9. The predicted molar refractivity (Wildman–Crippen MR) is 165 cm³/mol. The van der Waals surface area contributed by atoms with Crippen LogP contribution in [0.5, 0.6) is 0 Å². The van der Waals surface area contributed by atoms with Crippen LogP contribution in [0.4, 0.5) is 5.69 Å². The average Bonchev–Trinajstić information content (AvgIpc) is 3.43. The van der Waals surface area contributed by atoms with E-state index in [9.17, 15) is 9.59 Å². The van der Waals surface area contributed by atoms with Gasteiger partial charge in [-0.15, -0.1) is 0 Å². The van der Waals surface area contributed by atoms with Gasteiger partial charge in [0, 0.05) is 49.4 Å². The zero-order valence-corrected chi connectivity index (χ0v) is 24.9. The van der Waals surface area contributed by atoms with Gasteiger partial charge in [0.15, 0.2) is 0 Å². The van der Waals surface area contributed by atoms with Crippen LogP contribution in [0.25, 0.3) is 11.1 Å². The van der Waals surface area contributed by atoms with Gasteiger partial charge in [-0.25, -0.2) is 0 Å². The molecule has 2 aliphatic rings. The molecule has 2 aromatic carbocycles. The van der Waals surface area contributed by atoms with Crippen LogP contribution in [0.15, 0.2) is 54.6 Å². The third kappa shape index (κ3) is 7.87. The predicted octanol–water partition coefficient (Wildman–Crippen LogP) is 6.01. The van der Waals surface area contributed by atoms with Crippen molar-refractivity contribution in [1.29, 1.82) is 0 Å². The van der Waals surface area contributed by atoms with Crippen molar-refractivity contribution in [2.75, 3.05) is 31.6 Å². The summed E-state index contributed by atoms with van der Waals surface area (Å²) in [6.45, 7) is 6.65. The number of carbonyl (C=O) groups excluding carboxylic acids is 2. The molecule has 6 heteroatoms. The Kier molecular flexibility index (Phi) is 11.5. The second-order valence-electron chi connectivity index (χ2n) is 11.8. The zero-order chi connectivity index (χ0) is 28.3. The van der Waals surface area contributed by atoms with Crippen molar-refractivity contribution in [3.05, 3.63) is 54.6 Å². The summed E-state index contributed by atoms with van der Waals surface area (Å²) in [6, 6.07) is 18.9. The molecule has 2 N–H and O–H groups in total. The Morgan fingerprint density at radius 1 is 0.925 bits per heavy atom. The molecular weight excluding hydrogens is 496 g/mol. The summed E-state index contributed by atoms with van der Waals surface area (Å²) in [5.74, 6) is 0.319. The van der Waals surface area contributed by atoms with E-state index in [2.05, 4.69) is 82.0 Å². The molecule has 4 rings (SSSR count). The van der Waals surface area contributed by atoms with Crippen molar-refractivity contribution in [2.45, 2.75) is 96.2 Å². The third-order valence-electron chi connectivity index (χ3n) is 8.99. The lowest BCUT2D eigenvalue weighted by Gasteiger charge is -2.37. The van der Waals surface area contributed by atoms with Crippen LogP contribution in [0.3, 0.4) is 0 Å². The molecule has 1 aliphatic heterocycles. The van der Waals surface area contributed by atoms with Gasteiger partial charge in [0.05, 0.1) is 0 Å². The number of anilines is 1. The summed E-state index contributed by atoms with van der Waals surface area (Å²) in [4.78, 5) is 31.9. The molecule has 2 fully saturated rings. The molecule has 0 spiro atoms. The van der Waals surface area contributed by atoms with Crippen LogP contribution < -0.4 is 15.5 Å². The number of rotatable bonds is 11. The van der Waals surface area contributed by atoms with Gasteiger partial charge < -0.3 is 20.4 Å². The molecule has 0 aromatic heterocycles. The first-order chi connectivity index (χ1) is 19.5. The highest BCUT2D eigenvalue weighted by molar-refractivity contribution is 5.88. The lowest BCUT2D eigenvalue weighted by molar-refractivity contribution is -0.139. The number of nitrogens with one attached hydrogen (secondary N) is 2. The van der Waals surface area contributed by atoms with Crippen LogP contribution >= 0.6 is 0 Å². The van der Waals surface area contributed by atoms with Crippen LogP contribution in [0.2, 0.25) is 0 Å². The molecule has 0 unspecified atom stereocenters. The van der Waals surface area contributed by atoms with Crippen molar-refractivity contribution in [3.8, 4) is 11.1 Å². The van der Waals surface area contributed by atoms with Crippen molar-refractivity contribution in [2.24, 2.45) is 5.92 Å². The largest absolute Gasteiger partial charge is 0.369 e. The molecule has 1 saturated carbocycles. The van der Waals surface area contributed by atoms with Crippen LogP contribution in [0, 0.1) is 5.92 Å². The second kappa shape index (κ2) is 15.2. The number of amides is 2. The van der Waals surface area contributed by atoms with E-state index in [-0.39, 0.29) is 29.8 Å². The van der Waals surface area contributed by atoms with E-state index < -0.39 is 6.04 Å². The summed E-state index contributed by atoms with van der Waals surface area (Å²) in [5, 5.41) is 6.40. The Morgan fingerprint density at radius 3 is 2.30 bits per heavy atom. The summed E-state index contributed by atoms with van der Waals surface area (Å²) < 4.78 is 0. The smallest absolute Gasteiger partial charge is 0.245 e. The number of likely N-dealkylation sites (N-methyl/N-ethyl adjacent to an activating group) is 1. The molecular formula is C34H50N4O2. The molecule has 6 nitrogen and oxygen atoms in total. The first-order valence-corrected chi connectivity index (χ1v) is 15.7. The number of para-hydroxylation sites is 1. The first-order valence-electron chi connectivity index (χ1n) is 15.7. The standard InChI is InChI=1S/C34H50N4O2/c1-4-37(31-22-14-13-21-30(31)27-16-11-8-12-17-27)25-29-20-15-23-38(29)34(40)33(36-32(39)24-26(2)35-3)28-18-9-6-5-7-10-19-28/h8,11-14,16-17,21-22,26,28-29,33,35H,4-7,9-10,15,18-20,23-25H2,1-3H3,(H,36,39)/t26-,29-,33-/m0/s1. The molecule has 1 aliphatic carbocycles. The quantitative estimate of drug-likeness (QED) is 0.362. The maximum absolute atomic E-state index is 14.3. The lowest BCUT2D eigenvalue weighted by atomic mass is 9.85. The Hall–Kier alpha value is -2.86. The molecule has 1 heterocycles. The SMILES string of the molecule is CCN(C[C@@H]1CCCN1C(=O)[C@@H](NC(=O)C[C@H](C)NC)C1CCCCCCC1)c1ccccc1-c1ccccc1. The van der Waals surface area contributed by atoms with Crippen molar-refractivity contribution in [3.63, 3.8) is 0 Å². The number of hydrogen-bond acceptors (Lipinski definition) is 4. The molecule has 3 atom stereocenters. The molecule has 0 radical (unpaired) electrons. The van der Waals surface area contributed by atoms with Crippen molar-refractivity contribution < 1.29 is 9.59 Å². The number of likely N-dealkylation sites (tertiary alicyclic amines) is 1. The molecule has 0 bridgehead atoms. The second-order valence-corrected chi connectivity index (χ2v) is 11.8. The summed E-state index contributed by atoms with van der Waals surface area (Å²) in [5.41, 5.74) is 3.64. The Bertz CT molecular complexity index is 1070. The monoisotopic (exact) mass is 546 g/mol. The maximum atomic E-state index is 14.3. The first kappa shape index (κ1) is 30.1. The van der Waals surface area contributed by atoms with Gasteiger partial charge >= 0.3 is 0 Å². The van der Waals surface area contributed by atoms with E-state index in [1.165, 1.54) is 36.1 Å². The van der Waals surface area contributed by atoms with Gasteiger partial charge in [-0.3, -0.25) is 9.59 Å². The van der Waals surface area contributed by atoms with Crippen molar-refractivity contribution in [1.82, 2.24) is 15.5 Å². The molecule has 2 aromatic rings. The van der Waals surface area contributed by atoms with Crippen LogP contribution in [-0.2, 0) is 9.59 Å². The van der Waals surface area contributed by atoms with Gasteiger partial charge in [-0.1, -0.05) is 80.6 Å². The number of benzene rings is 2. The van der Waals surface area contributed by atoms with Gasteiger partial charge in [0.2, 0.25) is 11.8 Å². The van der Waals surface area contributed by atoms with E-state index in [0.717, 1.165) is 58.2 Å². The maximum Gasteiger partial charge on any atom is 0.245 e. The highest BCUT2D eigenvalue weighted by Gasteiger charge is 2.38. The van der Waals surface area contributed by atoms with Gasteiger partial charge in [0.25, 0.3) is 0 Å². The van der Waals surface area contributed by atoms with Gasteiger partial charge in [0.1, 0.15) is 6.04 Å². The van der Waals surface area contributed by atoms with Crippen LogP contribution in [0.1, 0.15) is 78.1 Å². The van der Waals surface area contributed by atoms with Gasteiger partial charge in [-0.05, 0) is 64.1 Å². The van der Waals surface area contributed by atoms with E-state index >= 15 is 0 Å².